The summed E-state index contributed by atoms with van der Waals surface area (Å²) < 4.78 is 12.8. The number of methoxy groups -OCH3 is 3. The molecule has 0 spiro atoms. The molecule has 0 radical (unpaired) electrons. The van der Waals surface area contributed by atoms with E-state index in [1.807, 2.05) is 0 Å². The number of fused-ring (bicyclic) bond motifs is 28. The van der Waals surface area contributed by atoms with Crippen molar-refractivity contribution < 1.29 is 28.6 Å². The molecule has 0 aliphatic heterocycles. The molecular formula is C52H90O6. The molecule has 13 aliphatic rings. The molecule has 10 bridgehead atoms. The second-order valence-electron chi connectivity index (χ2n) is 21.2. The first-order valence-electron chi connectivity index (χ1n) is 24.7. The average Bonchev–Trinajstić information content (AvgIpc) is 4.05. The van der Waals surface area contributed by atoms with Crippen molar-refractivity contribution in [2.75, 3.05) is 42.7 Å². The van der Waals surface area contributed by atoms with E-state index < -0.39 is 0 Å². The summed E-state index contributed by atoms with van der Waals surface area (Å²) >= 11 is 0. The van der Waals surface area contributed by atoms with Crippen molar-refractivity contribution in [3.8, 4) is 0 Å². The number of carbonyl (C=O) groups is 3. The molecule has 13 aliphatic carbocycles. The molecule has 13 saturated carbocycles. The molecule has 0 aromatic heterocycles. The van der Waals surface area contributed by atoms with Crippen LogP contribution in [0.15, 0.2) is 0 Å². The molecule has 13 fully saturated rings. The van der Waals surface area contributed by atoms with Gasteiger partial charge in [-0.1, -0.05) is 12.8 Å². The zero-order chi connectivity index (χ0) is 41.9. The van der Waals surface area contributed by atoms with Crippen LogP contribution in [0, 0.1) is 118 Å². The highest BCUT2D eigenvalue weighted by molar-refractivity contribution is 5.44. The molecule has 0 N–H and O–H groups in total. The van der Waals surface area contributed by atoms with E-state index in [0.29, 0.717) is 0 Å². The normalized spacial score (nSPS) is 47.1. The Balaban J connectivity index is 0.000000140. The van der Waals surface area contributed by atoms with Crippen LogP contribution in [0.1, 0.15) is 149 Å². The largest absolute Gasteiger partial charge is 0.388 e. The summed E-state index contributed by atoms with van der Waals surface area (Å²) in [5.74, 6) is 24.3. The van der Waals surface area contributed by atoms with Gasteiger partial charge in [0, 0.05) is 42.7 Å². The first-order valence-corrected chi connectivity index (χ1v) is 24.7. The molecule has 6 heteroatoms. The number of hydrogen-bond acceptors (Lipinski definition) is 6. The lowest BCUT2D eigenvalue weighted by molar-refractivity contribution is -0.106. The summed E-state index contributed by atoms with van der Waals surface area (Å²) in [6.07, 6.45) is 34.6. The van der Waals surface area contributed by atoms with Crippen molar-refractivity contribution in [2.45, 2.75) is 149 Å². The number of rotatable bonds is 0. The zero-order valence-electron chi connectivity index (χ0n) is 38.9. The zero-order valence-corrected chi connectivity index (χ0v) is 38.9. The lowest BCUT2D eigenvalue weighted by Gasteiger charge is -2.40. The Bertz CT molecular complexity index is 1130. The highest BCUT2D eigenvalue weighted by Crippen LogP contribution is 2.73. The van der Waals surface area contributed by atoms with Gasteiger partial charge < -0.3 is 28.6 Å². The van der Waals surface area contributed by atoms with Crippen molar-refractivity contribution >= 4 is 18.9 Å². The van der Waals surface area contributed by atoms with E-state index in [-0.39, 0.29) is 0 Å². The van der Waals surface area contributed by atoms with Gasteiger partial charge in [0.15, 0.2) is 0 Å². The van der Waals surface area contributed by atoms with Crippen molar-refractivity contribution in [3.63, 3.8) is 0 Å². The molecule has 20 unspecified atom stereocenters. The molecule has 0 saturated heterocycles. The standard InChI is InChI=1S/2C15H22.C10H16.3C2H6O.3C2H4O/c1-3-10-5-8(1)12-7-13-9-2-4-11(6-9)15(13)14(10)12;1-2-10-11(3-1)13-7-12(10)14-8-4-5-9(6-8)15(13)14;1-2-9-7-4-5-8(6-7)10(9)3-1;3*1-3-2;3*1-2-3/h2*8-15H,1-7H2;7-10H,1-6H2;3*1-2H3;3*2H,1H3. The second kappa shape index (κ2) is 23.4. The van der Waals surface area contributed by atoms with Gasteiger partial charge in [0.25, 0.3) is 0 Å². The maximum atomic E-state index is 8.81. The third kappa shape index (κ3) is 9.90. The first kappa shape index (κ1) is 47.9. The van der Waals surface area contributed by atoms with Gasteiger partial charge in [-0.25, -0.2) is 0 Å². The van der Waals surface area contributed by atoms with E-state index in [9.17, 15) is 0 Å². The Morgan fingerprint density at radius 2 is 0.500 bits per heavy atom. The fraction of sp³-hybridized carbons (Fsp3) is 0.942. The van der Waals surface area contributed by atoms with Crippen LogP contribution >= 0.6 is 0 Å². The van der Waals surface area contributed by atoms with Crippen LogP contribution in [0.25, 0.3) is 0 Å². The van der Waals surface area contributed by atoms with Gasteiger partial charge in [-0.15, -0.1) is 0 Å². The van der Waals surface area contributed by atoms with Gasteiger partial charge in [-0.2, -0.15) is 0 Å². The van der Waals surface area contributed by atoms with Crippen molar-refractivity contribution in [3.05, 3.63) is 0 Å². The molecule has 13 rings (SSSR count). The van der Waals surface area contributed by atoms with Crippen molar-refractivity contribution in [2.24, 2.45) is 118 Å². The molecule has 334 valence electrons. The molecule has 0 heterocycles. The Morgan fingerprint density at radius 1 is 0.293 bits per heavy atom. The molecule has 0 aromatic rings. The molecule has 6 nitrogen and oxygen atoms in total. The van der Waals surface area contributed by atoms with E-state index in [1.165, 1.54) is 139 Å². The third-order valence-electron chi connectivity index (χ3n) is 19.0. The quantitative estimate of drug-likeness (QED) is 0.179. The lowest BCUT2D eigenvalue weighted by Crippen LogP contribution is -2.35. The molecule has 20 atom stereocenters. The second-order valence-corrected chi connectivity index (χ2v) is 21.2. The Morgan fingerprint density at radius 3 is 0.828 bits per heavy atom. The van der Waals surface area contributed by atoms with Gasteiger partial charge in [0.1, 0.15) is 18.9 Å². The van der Waals surface area contributed by atoms with Crippen LogP contribution in [0.4, 0.5) is 0 Å². The summed E-state index contributed by atoms with van der Waals surface area (Å²) in [6.45, 7) is 4.33. The van der Waals surface area contributed by atoms with Gasteiger partial charge in [-0.3, -0.25) is 0 Å². The van der Waals surface area contributed by atoms with Crippen LogP contribution in [0.3, 0.4) is 0 Å². The number of ether oxygens (including phenoxy) is 3. The summed E-state index contributed by atoms with van der Waals surface area (Å²) in [7, 11) is 9.75. The lowest BCUT2D eigenvalue weighted by atomic mass is 9.64. The van der Waals surface area contributed by atoms with E-state index in [0.717, 1.165) is 18.9 Å². The molecule has 0 aromatic carbocycles. The van der Waals surface area contributed by atoms with Gasteiger partial charge in [0.2, 0.25) is 0 Å². The molecular weight excluding hydrogens is 721 g/mol. The number of carbonyl (C=O) groups excluding carboxylic acids is 3. The molecule has 58 heavy (non-hydrogen) atoms. The summed E-state index contributed by atoms with van der Waals surface area (Å²) in [6, 6.07) is 0. The average molecular weight is 811 g/mol. The van der Waals surface area contributed by atoms with Crippen LogP contribution in [-0.4, -0.2) is 61.5 Å². The minimum atomic E-state index is 0.750. The minimum absolute atomic E-state index is 0.750. The fourth-order valence-electron chi connectivity index (χ4n) is 18.4. The Labute approximate surface area is 356 Å². The summed E-state index contributed by atoms with van der Waals surface area (Å²) in [4.78, 5) is 26.4. The van der Waals surface area contributed by atoms with Crippen molar-refractivity contribution in [1.82, 2.24) is 0 Å². The van der Waals surface area contributed by atoms with Gasteiger partial charge in [0.05, 0.1) is 0 Å². The van der Waals surface area contributed by atoms with E-state index in [4.69, 9.17) is 14.4 Å². The van der Waals surface area contributed by atoms with E-state index in [2.05, 4.69) is 14.2 Å². The highest BCUT2D eigenvalue weighted by Gasteiger charge is 2.66. The fourth-order valence-corrected chi connectivity index (χ4v) is 18.4. The first-order chi connectivity index (χ1) is 28.3. The topological polar surface area (TPSA) is 78.9 Å². The van der Waals surface area contributed by atoms with E-state index >= 15 is 0 Å². The third-order valence-corrected chi connectivity index (χ3v) is 19.0. The Hall–Kier alpha value is -1.11. The maximum Gasteiger partial charge on any atom is 0.116 e. The van der Waals surface area contributed by atoms with Crippen LogP contribution in [-0.2, 0) is 28.6 Å². The number of hydrogen-bond donors (Lipinski definition) is 0. The smallest absolute Gasteiger partial charge is 0.116 e. The van der Waals surface area contributed by atoms with Crippen LogP contribution < -0.4 is 0 Å². The summed E-state index contributed by atoms with van der Waals surface area (Å²) in [5, 5.41) is 0. The minimum Gasteiger partial charge on any atom is -0.388 e. The van der Waals surface area contributed by atoms with E-state index in [1.54, 1.807) is 171 Å². The molecule has 0 amide bonds. The predicted molar refractivity (Wildman–Crippen MR) is 236 cm³/mol. The van der Waals surface area contributed by atoms with Gasteiger partial charge in [-0.05, 0) is 255 Å². The Kier molecular flexibility index (Phi) is 19.3. The number of aldehydes is 3. The van der Waals surface area contributed by atoms with Gasteiger partial charge >= 0.3 is 0 Å². The predicted octanol–water partition coefficient (Wildman–Crippen LogP) is 11.7. The SMILES string of the molecule is C1CC2C(C1)C1CC2C2C3CCC(C3)C12.C1CC2C3CCC(C3)C2C1.C1CC2CC1C1CC3C4CCC(C4)C3C21.CC=O.CC=O.CC=O.COC.COC.COC. The highest BCUT2D eigenvalue weighted by atomic mass is 16.5. The van der Waals surface area contributed by atoms with Crippen molar-refractivity contribution in [1.29, 1.82) is 0 Å². The summed E-state index contributed by atoms with van der Waals surface area (Å²) in [5.41, 5.74) is 0. The van der Waals surface area contributed by atoms with Crippen LogP contribution in [0.2, 0.25) is 0 Å². The van der Waals surface area contributed by atoms with Crippen LogP contribution in [0.5, 0.6) is 0 Å². The monoisotopic (exact) mass is 811 g/mol. The maximum absolute atomic E-state index is 8.81.